The molecule has 5 rings (SSSR count). The van der Waals surface area contributed by atoms with E-state index in [-0.39, 0.29) is 23.5 Å². The third kappa shape index (κ3) is 3.56. The molecule has 1 aromatic carbocycles. The van der Waals surface area contributed by atoms with Crippen LogP contribution in [0.25, 0.3) is 0 Å². The first kappa shape index (κ1) is 18.7. The molecule has 4 saturated carbocycles. The van der Waals surface area contributed by atoms with Crippen molar-refractivity contribution in [2.75, 3.05) is 6.26 Å². The number of alkyl halides is 1. The number of rotatable bonds is 4. The van der Waals surface area contributed by atoms with Gasteiger partial charge in [0.15, 0.2) is 0 Å². The molecule has 27 heavy (non-hydrogen) atoms. The smallest absolute Gasteiger partial charge is 0.267 e. The average molecular weight is 399 g/mol. The van der Waals surface area contributed by atoms with Crippen molar-refractivity contribution in [1.29, 1.82) is 0 Å². The first-order valence-electron chi connectivity index (χ1n) is 9.21. The number of amides is 1. The van der Waals surface area contributed by atoms with Gasteiger partial charge < -0.3 is 4.74 Å². The molecule has 0 aromatic heterocycles. The molecular formula is C19H23F2NO4S. The van der Waals surface area contributed by atoms with E-state index in [1.807, 2.05) is 0 Å². The molecule has 0 spiro atoms. The molecule has 0 heterocycles. The van der Waals surface area contributed by atoms with Gasteiger partial charge in [-0.25, -0.2) is 21.9 Å². The molecule has 1 aromatic rings. The van der Waals surface area contributed by atoms with Gasteiger partial charge in [0, 0.05) is 6.07 Å². The Bertz CT molecular complexity index is 885. The second-order valence-corrected chi connectivity index (χ2v) is 10.3. The van der Waals surface area contributed by atoms with Crippen molar-refractivity contribution in [3.8, 4) is 5.75 Å². The summed E-state index contributed by atoms with van der Waals surface area (Å²) in [4.78, 5) is 12.0. The van der Waals surface area contributed by atoms with Crippen LogP contribution in [0.2, 0.25) is 0 Å². The largest absolute Gasteiger partial charge is 0.489 e. The van der Waals surface area contributed by atoms with Crippen LogP contribution >= 0.6 is 0 Å². The fourth-order valence-electron chi connectivity index (χ4n) is 5.41. The number of benzene rings is 1. The summed E-state index contributed by atoms with van der Waals surface area (Å²) in [5, 5.41) is 0. The lowest BCUT2D eigenvalue weighted by molar-refractivity contribution is -0.134. The Labute approximate surface area is 157 Å². The van der Waals surface area contributed by atoms with E-state index in [1.165, 1.54) is 6.07 Å². The molecule has 1 amide bonds. The Morgan fingerprint density at radius 3 is 2.41 bits per heavy atom. The summed E-state index contributed by atoms with van der Waals surface area (Å²) in [7, 11) is -3.78. The number of hydrogen-bond donors (Lipinski definition) is 1. The first-order chi connectivity index (χ1) is 12.5. The van der Waals surface area contributed by atoms with E-state index >= 15 is 0 Å². The van der Waals surface area contributed by atoms with E-state index in [0.29, 0.717) is 36.5 Å². The molecule has 0 aliphatic heterocycles. The van der Waals surface area contributed by atoms with Gasteiger partial charge in [-0.1, -0.05) is 0 Å². The number of ether oxygens (including phenoxy) is 1. The Morgan fingerprint density at radius 2 is 1.85 bits per heavy atom. The lowest BCUT2D eigenvalue weighted by Gasteiger charge is -2.56. The fourth-order valence-corrected chi connectivity index (χ4v) is 5.85. The van der Waals surface area contributed by atoms with Gasteiger partial charge in [-0.05, 0) is 68.4 Å². The molecule has 4 aliphatic carbocycles. The van der Waals surface area contributed by atoms with Crippen LogP contribution in [-0.2, 0) is 10.0 Å². The van der Waals surface area contributed by atoms with Gasteiger partial charge in [-0.2, -0.15) is 0 Å². The third-order valence-electron chi connectivity index (χ3n) is 6.16. The summed E-state index contributed by atoms with van der Waals surface area (Å²) in [6.45, 7) is 1.68. The monoisotopic (exact) mass is 399 g/mol. The van der Waals surface area contributed by atoms with Gasteiger partial charge in [0.25, 0.3) is 5.91 Å². The quantitative estimate of drug-likeness (QED) is 0.844. The molecule has 1 N–H and O–H groups in total. The Kier molecular flexibility index (Phi) is 4.25. The van der Waals surface area contributed by atoms with E-state index in [2.05, 4.69) is 0 Å². The number of nitrogens with one attached hydrogen (secondary N) is 1. The van der Waals surface area contributed by atoms with Crippen molar-refractivity contribution in [2.45, 2.75) is 50.8 Å². The predicted octanol–water partition coefficient (Wildman–Crippen LogP) is 3.12. The zero-order chi connectivity index (χ0) is 19.6. The summed E-state index contributed by atoms with van der Waals surface area (Å²) in [6, 6.07) is 2.42. The van der Waals surface area contributed by atoms with Crippen LogP contribution in [0.3, 0.4) is 0 Å². The van der Waals surface area contributed by atoms with Gasteiger partial charge in [0.05, 0.1) is 11.8 Å². The number of aryl methyl sites for hydroxylation is 1. The molecule has 2 unspecified atom stereocenters. The molecule has 148 valence electrons. The standard InChI is InChI=1S/C19H23F2NO4S/c1-10-3-14(18(23)22-27(2,24)25)15(20)6-16(10)26-17-12-4-11-5-13(17)9-19(21,7-11)8-12/h3,6,11-13,17H,4-5,7-9H2,1-2H3,(H,22,23). The minimum Gasteiger partial charge on any atom is -0.489 e. The SMILES string of the molecule is Cc1cc(C(=O)NS(C)(=O)=O)c(F)cc1OC1C2CC3CC1CC(F)(C3)C2. The Balaban J connectivity index is 1.55. The van der Waals surface area contributed by atoms with E-state index in [9.17, 15) is 22.0 Å². The lowest BCUT2D eigenvalue weighted by Crippen LogP contribution is -2.56. The maximum Gasteiger partial charge on any atom is 0.267 e. The molecule has 0 radical (unpaired) electrons. The van der Waals surface area contributed by atoms with Gasteiger partial charge >= 0.3 is 0 Å². The highest BCUT2D eigenvalue weighted by Gasteiger charge is 2.57. The Morgan fingerprint density at radius 1 is 1.22 bits per heavy atom. The molecule has 2 atom stereocenters. The minimum absolute atomic E-state index is 0.136. The molecule has 4 aliphatic rings. The second-order valence-electron chi connectivity index (χ2n) is 8.50. The summed E-state index contributed by atoms with van der Waals surface area (Å²) < 4.78 is 59.5. The van der Waals surface area contributed by atoms with Crippen LogP contribution < -0.4 is 9.46 Å². The van der Waals surface area contributed by atoms with Crippen molar-refractivity contribution < 1.29 is 26.7 Å². The summed E-state index contributed by atoms with van der Waals surface area (Å²) in [6.07, 6.45) is 4.25. The van der Waals surface area contributed by atoms with E-state index < -0.39 is 27.4 Å². The number of sulfonamides is 1. The number of carbonyl (C=O) groups excluding carboxylic acids is 1. The van der Waals surface area contributed by atoms with E-state index in [0.717, 1.165) is 25.2 Å². The lowest BCUT2D eigenvalue weighted by atomic mass is 9.53. The first-order valence-corrected chi connectivity index (χ1v) is 11.1. The number of halogens is 2. The average Bonchev–Trinajstić information content (AvgIpc) is 2.50. The van der Waals surface area contributed by atoms with Crippen LogP contribution in [0.1, 0.15) is 48.0 Å². The molecular weight excluding hydrogens is 376 g/mol. The van der Waals surface area contributed by atoms with Crippen molar-refractivity contribution in [1.82, 2.24) is 4.72 Å². The molecule has 5 nitrogen and oxygen atoms in total. The zero-order valence-electron chi connectivity index (χ0n) is 15.3. The maximum absolute atomic E-state index is 14.8. The molecule has 4 fully saturated rings. The Hall–Kier alpha value is -1.70. The normalized spacial score (nSPS) is 34.5. The highest BCUT2D eigenvalue weighted by atomic mass is 32.2. The summed E-state index contributed by atoms with van der Waals surface area (Å²) >= 11 is 0. The van der Waals surface area contributed by atoms with Crippen LogP contribution in [0.5, 0.6) is 5.75 Å². The van der Waals surface area contributed by atoms with Crippen molar-refractivity contribution in [2.24, 2.45) is 17.8 Å². The minimum atomic E-state index is -3.78. The van der Waals surface area contributed by atoms with Crippen LogP contribution in [0.15, 0.2) is 12.1 Å². The summed E-state index contributed by atoms with van der Waals surface area (Å²) in [5.41, 5.74) is -0.874. The maximum atomic E-state index is 14.8. The van der Waals surface area contributed by atoms with Crippen molar-refractivity contribution >= 4 is 15.9 Å². The molecule has 4 bridgehead atoms. The van der Waals surface area contributed by atoms with Gasteiger partial charge in [-0.15, -0.1) is 0 Å². The third-order valence-corrected chi connectivity index (χ3v) is 6.72. The molecule has 0 saturated heterocycles. The van der Waals surface area contributed by atoms with Crippen LogP contribution in [0.4, 0.5) is 8.78 Å². The second kappa shape index (κ2) is 6.15. The number of hydrogen-bond acceptors (Lipinski definition) is 4. The summed E-state index contributed by atoms with van der Waals surface area (Å²) in [5.74, 6) is -0.837. The van der Waals surface area contributed by atoms with E-state index in [1.54, 1.807) is 11.6 Å². The van der Waals surface area contributed by atoms with Crippen molar-refractivity contribution in [3.05, 3.63) is 29.1 Å². The van der Waals surface area contributed by atoms with E-state index in [4.69, 9.17) is 4.74 Å². The highest BCUT2D eigenvalue weighted by molar-refractivity contribution is 7.89. The van der Waals surface area contributed by atoms with Gasteiger partial charge in [0.1, 0.15) is 23.3 Å². The van der Waals surface area contributed by atoms with Crippen LogP contribution in [-0.4, -0.2) is 32.4 Å². The van der Waals surface area contributed by atoms with Gasteiger partial charge in [0.2, 0.25) is 10.0 Å². The highest BCUT2D eigenvalue weighted by Crippen LogP contribution is 2.58. The zero-order valence-corrected chi connectivity index (χ0v) is 16.1. The number of carbonyl (C=O) groups is 1. The van der Waals surface area contributed by atoms with Gasteiger partial charge in [-0.3, -0.25) is 4.79 Å². The van der Waals surface area contributed by atoms with Crippen LogP contribution in [0, 0.1) is 30.5 Å². The fraction of sp³-hybridized carbons (Fsp3) is 0.632. The molecule has 8 heteroatoms. The predicted molar refractivity (Wildman–Crippen MR) is 95.3 cm³/mol. The van der Waals surface area contributed by atoms with Crippen molar-refractivity contribution in [3.63, 3.8) is 0 Å². The topological polar surface area (TPSA) is 72.5 Å².